The van der Waals surface area contributed by atoms with Crippen LogP contribution < -0.4 is 5.73 Å². The van der Waals surface area contributed by atoms with Crippen molar-refractivity contribution in [3.05, 3.63) is 36.7 Å². The molecule has 0 aliphatic carbocycles. The second kappa shape index (κ2) is 10.7. The summed E-state index contributed by atoms with van der Waals surface area (Å²) >= 11 is 0. The number of aliphatic imine (C=N–C) groups is 1. The van der Waals surface area contributed by atoms with Crippen molar-refractivity contribution in [2.45, 2.75) is 27.2 Å². The van der Waals surface area contributed by atoms with Gasteiger partial charge >= 0.3 is 0 Å². The van der Waals surface area contributed by atoms with Crippen molar-refractivity contribution < 1.29 is 0 Å². The van der Waals surface area contributed by atoms with Gasteiger partial charge in [-0.25, -0.2) is 4.99 Å². The molecule has 74 valence electrons. The van der Waals surface area contributed by atoms with E-state index in [4.69, 9.17) is 5.73 Å². The molecule has 2 nitrogen and oxygen atoms in total. The second-order valence-electron chi connectivity index (χ2n) is 1.97. The number of hydrogen-bond acceptors (Lipinski definition) is 2. The molecule has 0 saturated carbocycles. The van der Waals surface area contributed by atoms with Crippen LogP contribution in [0.2, 0.25) is 0 Å². The number of nitrogens with zero attached hydrogens (tertiary/aromatic N) is 1. The molecular formula is C11H20N2. The summed E-state index contributed by atoms with van der Waals surface area (Å²) in [6.07, 6.45) is 5.90. The number of hydrogen-bond donors (Lipinski definition) is 1. The van der Waals surface area contributed by atoms with Gasteiger partial charge in [-0.3, -0.25) is 0 Å². The summed E-state index contributed by atoms with van der Waals surface area (Å²) in [6, 6.07) is 0. The number of nitrogens with two attached hydrogens (primary N) is 1. The summed E-state index contributed by atoms with van der Waals surface area (Å²) in [5.74, 6) is 0.469. The van der Waals surface area contributed by atoms with E-state index in [1.165, 1.54) is 0 Å². The van der Waals surface area contributed by atoms with E-state index < -0.39 is 0 Å². The Morgan fingerprint density at radius 2 is 1.77 bits per heavy atom. The molecule has 2 heteroatoms. The zero-order valence-corrected chi connectivity index (χ0v) is 8.88. The van der Waals surface area contributed by atoms with E-state index in [0.717, 1.165) is 12.0 Å². The van der Waals surface area contributed by atoms with Gasteiger partial charge in [-0.05, 0) is 6.42 Å². The highest BCUT2D eigenvalue weighted by Gasteiger charge is 1.89. The predicted octanol–water partition coefficient (Wildman–Crippen LogP) is 3.04. The van der Waals surface area contributed by atoms with Crippen LogP contribution in [-0.4, -0.2) is 6.21 Å². The summed E-state index contributed by atoms with van der Waals surface area (Å²) in [7, 11) is 0. The highest BCUT2D eigenvalue weighted by Crippen LogP contribution is 2.01. The standard InChI is InChI=1S/C9H14N2.C2H6/c1-4-7-11-9(10)8(5-2)6-3;1-2/h5-7H,2-4,10H2,1H3;1-2H3/b11-7-;. The molecule has 0 aromatic heterocycles. The average Bonchev–Trinajstić information content (AvgIpc) is 2.19. The molecule has 2 N–H and O–H groups in total. The Hall–Kier alpha value is -1.31. The topological polar surface area (TPSA) is 38.4 Å². The Morgan fingerprint density at radius 3 is 2.08 bits per heavy atom. The van der Waals surface area contributed by atoms with Gasteiger partial charge < -0.3 is 5.73 Å². The second-order valence-corrected chi connectivity index (χ2v) is 1.97. The first-order valence-corrected chi connectivity index (χ1v) is 4.53. The minimum atomic E-state index is 0.469. The monoisotopic (exact) mass is 180 g/mol. The molecule has 0 rings (SSSR count). The van der Waals surface area contributed by atoms with E-state index in [1.54, 1.807) is 18.4 Å². The molecule has 0 spiro atoms. The van der Waals surface area contributed by atoms with E-state index in [2.05, 4.69) is 18.2 Å². The van der Waals surface area contributed by atoms with Gasteiger partial charge in [0.25, 0.3) is 0 Å². The summed E-state index contributed by atoms with van der Waals surface area (Å²) in [5.41, 5.74) is 6.34. The first kappa shape index (κ1) is 14.2. The lowest BCUT2D eigenvalue weighted by Crippen LogP contribution is -1.96. The van der Waals surface area contributed by atoms with Gasteiger partial charge in [-0.2, -0.15) is 0 Å². The average molecular weight is 180 g/mol. The van der Waals surface area contributed by atoms with Gasteiger partial charge in [0, 0.05) is 11.8 Å². The Morgan fingerprint density at radius 1 is 1.31 bits per heavy atom. The maximum absolute atomic E-state index is 5.56. The Bertz CT molecular complexity index is 190. The first-order chi connectivity index (χ1) is 6.26. The van der Waals surface area contributed by atoms with E-state index in [9.17, 15) is 0 Å². The smallest absolute Gasteiger partial charge is 0.130 e. The molecule has 0 aliphatic rings. The van der Waals surface area contributed by atoms with Crippen molar-refractivity contribution >= 4 is 6.21 Å². The first-order valence-electron chi connectivity index (χ1n) is 4.53. The van der Waals surface area contributed by atoms with Gasteiger partial charge in [0.15, 0.2) is 0 Å². The van der Waals surface area contributed by atoms with E-state index in [1.807, 2.05) is 20.8 Å². The normalized spacial score (nSPS) is 8.54. The van der Waals surface area contributed by atoms with Crippen LogP contribution in [0.15, 0.2) is 41.7 Å². The molecule has 0 heterocycles. The van der Waals surface area contributed by atoms with E-state index in [0.29, 0.717) is 5.82 Å². The van der Waals surface area contributed by atoms with E-state index >= 15 is 0 Å². The third kappa shape index (κ3) is 7.06. The van der Waals surface area contributed by atoms with Crippen LogP contribution in [-0.2, 0) is 0 Å². The number of rotatable bonds is 4. The molecular weight excluding hydrogens is 160 g/mol. The minimum Gasteiger partial charge on any atom is -0.383 e. The lowest BCUT2D eigenvalue weighted by atomic mass is 10.2. The fraction of sp³-hybridized carbons (Fsp3) is 0.364. The molecule has 0 fully saturated rings. The largest absolute Gasteiger partial charge is 0.383 e. The van der Waals surface area contributed by atoms with Crippen molar-refractivity contribution in [1.29, 1.82) is 0 Å². The van der Waals surface area contributed by atoms with Crippen molar-refractivity contribution in [1.82, 2.24) is 0 Å². The van der Waals surface area contributed by atoms with Crippen molar-refractivity contribution in [3.63, 3.8) is 0 Å². The molecule has 0 radical (unpaired) electrons. The number of allylic oxidation sites excluding steroid dienone is 3. The lowest BCUT2D eigenvalue weighted by Gasteiger charge is -1.95. The Labute approximate surface area is 81.6 Å². The van der Waals surface area contributed by atoms with Gasteiger partial charge in [-0.15, -0.1) is 0 Å². The van der Waals surface area contributed by atoms with Crippen molar-refractivity contribution in [3.8, 4) is 0 Å². The molecule has 0 unspecified atom stereocenters. The lowest BCUT2D eigenvalue weighted by molar-refractivity contribution is 1.19. The van der Waals surface area contributed by atoms with Crippen LogP contribution in [0.1, 0.15) is 27.2 Å². The van der Waals surface area contributed by atoms with Gasteiger partial charge in [0.05, 0.1) is 0 Å². The molecule has 0 aromatic carbocycles. The van der Waals surface area contributed by atoms with Gasteiger partial charge in [-0.1, -0.05) is 46.1 Å². The molecule has 0 aromatic rings. The Kier molecular flexibility index (Phi) is 11.7. The van der Waals surface area contributed by atoms with Crippen molar-refractivity contribution in [2.75, 3.05) is 0 Å². The quantitative estimate of drug-likeness (QED) is 0.524. The fourth-order valence-electron chi connectivity index (χ4n) is 0.557. The molecule has 0 atom stereocenters. The summed E-state index contributed by atoms with van der Waals surface area (Å²) in [6.45, 7) is 13.2. The third-order valence-electron chi connectivity index (χ3n) is 1.15. The molecule has 0 bridgehead atoms. The summed E-state index contributed by atoms with van der Waals surface area (Å²) in [4.78, 5) is 3.97. The van der Waals surface area contributed by atoms with E-state index in [-0.39, 0.29) is 0 Å². The SMILES string of the molecule is C=CC(C=C)=C(N)/N=C\CC.CC. The molecule has 0 aliphatic heterocycles. The minimum absolute atomic E-state index is 0.469. The van der Waals surface area contributed by atoms with Gasteiger partial charge in [0.2, 0.25) is 0 Å². The van der Waals surface area contributed by atoms with Gasteiger partial charge in [0.1, 0.15) is 5.82 Å². The predicted molar refractivity (Wildman–Crippen MR) is 61.7 cm³/mol. The molecule has 0 saturated heterocycles. The van der Waals surface area contributed by atoms with Crippen LogP contribution in [0.3, 0.4) is 0 Å². The summed E-state index contributed by atoms with van der Waals surface area (Å²) < 4.78 is 0. The highest BCUT2D eigenvalue weighted by molar-refractivity contribution is 5.58. The van der Waals surface area contributed by atoms with Crippen molar-refractivity contribution in [2.24, 2.45) is 10.7 Å². The zero-order chi connectivity index (χ0) is 10.7. The van der Waals surface area contributed by atoms with Crippen LogP contribution >= 0.6 is 0 Å². The van der Waals surface area contributed by atoms with Crippen LogP contribution in [0, 0.1) is 0 Å². The van der Waals surface area contributed by atoms with Crippen LogP contribution in [0.4, 0.5) is 0 Å². The maximum atomic E-state index is 5.56. The highest BCUT2D eigenvalue weighted by atomic mass is 14.9. The Balaban J connectivity index is 0. The molecule has 13 heavy (non-hydrogen) atoms. The van der Waals surface area contributed by atoms with Crippen LogP contribution in [0.25, 0.3) is 0 Å². The maximum Gasteiger partial charge on any atom is 0.130 e. The van der Waals surface area contributed by atoms with Crippen LogP contribution in [0.5, 0.6) is 0 Å². The zero-order valence-electron chi connectivity index (χ0n) is 8.88. The molecule has 0 amide bonds. The fourth-order valence-corrected chi connectivity index (χ4v) is 0.557. The summed E-state index contributed by atoms with van der Waals surface area (Å²) in [5, 5.41) is 0. The third-order valence-corrected chi connectivity index (χ3v) is 1.15.